The SMILES string of the molecule is CC(=O)N1CC(OCC(=O)Nc2ccccc2-c2nc3ccc(C)cc3[nH]2)C1. The molecular weight excluding hydrogens is 356 g/mol. The number of amides is 2. The first-order valence-corrected chi connectivity index (χ1v) is 9.22. The number of aryl methyl sites for hydroxylation is 1. The van der Waals surface area contributed by atoms with E-state index in [0.29, 0.717) is 24.6 Å². The van der Waals surface area contributed by atoms with Gasteiger partial charge in [-0.2, -0.15) is 0 Å². The van der Waals surface area contributed by atoms with Crippen LogP contribution in [0.25, 0.3) is 22.4 Å². The van der Waals surface area contributed by atoms with Crippen molar-refractivity contribution in [1.29, 1.82) is 0 Å². The second-order valence-electron chi connectivity index (χ2n) is 7.06. The van der Waals surface area contributed by atoms with Gasteiger partial charge in [-0.25, -0.2) is 4.98 Å². The highest BCUT2D eigenvalue weighted by molar-refractivity contribution is 5.96. The molecule has 28 heavy (non-hydrogen) atoms. The topological polar surface area (TPSA) is 87.3 Å². The minimum atomic E-state index is -0.235. The molecule has 7 heteroatoms. The summed E-state index contributed by atoms with van der Waals surface area (Å²) in [6.07, 6.45) is -0.0801. The number of H-pyrrole nitrogens is 1. The maximum Gasteiger partial charge on any atom is 0.250 e. The molecule has 0 bridgehead atoms. The van der Waals surface area contributed by atoms with Crippen LogP contribution in [0.1, 0.15) is 12.5 Å². The van der Waals surface area contributed by atoms with Crippen LogP contribution in [-0.4, -0.2) is 52.5 Å². The van der Waals surface area contributed by atoms with Gasteiger partial charge in [0.05, 0.1) is 22.8 Å². The average molecular weight is 378 g/mol. The molecule has 1 saturated heterocycles. The lowest BCUT2D eigenvalue weighted by molar-refractivity contribution is -0.144. The highest BCUT2D eigenvalue weighted by atomic mass is 16.5. The number of aromatic nitrogens is 2. The zero-order chi connectivity index (χ0) is 19.7. The van der Waals surface area contributed by atoms with E-state index >= 15 is 0 Å². The molecule has 2 aromatic carbocycles. The first-order valence-electron chi connectivity index (χ1n) is 9.22. The number of benzene rings is 2. The van der Waals surface area contributed by atoms with Crippen LogP contribution < -0.4 is 5.32 Å². The zero-order valence-electron chi connectivity index (χ0n) is 15.9. The maximum absolute atomic E-state index is 12.3. The normalized spacial score (nSPS) is 14.1. The molecule has 1 aromatic heterocycles. The number of hydrogen-bond donors (Lipinski definition) is 2. The Bertz CT molecular complexity index is 1040. The summed E-state index contributed by atoms with van der Waals surface area (Å²) in [5, 5.41) is 2.90. The standard InChI is InChI=1S/C21H22N4O3/c1-13-7-8-18-19(9-13)24-21(23-18)16-5-3-4-6-17(16)22-20(27)12-28-15-10-25(11-15)14(2)26/h3-9,15H,10-12H2,1-2H3,(H,22,27)(H,23,24). The molecule has 3 aromatic rings. The fourth-order valence-corrected chi connectivity index (χ4v) is 3.23. The molecule has 0 saturated carbocycles. The van der Waals surface area contributed by atoms with Gasteiger partial charge in [-0.3, -0.25) is 9.59 Å². The van der Waals surface area contributed by atoms with Crippen molar-refractivity contribution < 1.29 is 14.3 Å². The lowest BCUT2D eigenvalue weighted by atomic mass is 10.1. The highest BCUT2D eigenvalue weighted by Gasteiger charge is 2.29. The average Bonchev–Trinajstić information content (AvgIpc) is 3.03. The molecule has 4 rings (SSSR count). The largest absolute Gasteiger partial charge is 0.365 e. The van der Waals surface area contributed by atoms with Crippen molar-refractivity contribution in [2.24, 2.45) is 0 Å². The monoisotopic (exact) mass is 378 g/mol. The van der Waals surface area contributed by atoms with Crippen molar-refractivity contribution in [1.82, 2.24) is 14.9 Å². The van der Waals surface area contributed by atoms with Crippen molar-refractivity contribution in [2.45, 2.75) is 20.0 Å². The van der Waals surface area contributed by atoms with Gasteiger partial charge in [-0.1, -0.05) is 18.2 Å². The van der Waals surface area contributed by atoms with Gasteiger partial charge in [0, 0.05) is 25.6 Å². The van der Waals surface area contributed by atoms with E-state index in [1.165, 1.54) is 6.92 Å². The van der Waals surface area contributed by atoms with Crippen molar-refractivity contribution in [3.63, 3.8) is 0 Å². The Morgan fingerprint density at radius 3 is 2.82 bits per heavy atom. The predicted octanol–water partition coefficient (Wildman–Crippen LogP) is 2.72. The number of carbonyl (C=O) groups excluding carboxylic acids is 2. The first-order chi connectivity index (χ1) is 13.5. The number of carbonyl (C=O) groups is 2. The van der Waals surface area contributed by atoms with E-state index in [9.17, 15) is 9.59 Å². The van der Waals surface area contributed by atoms with Crippen molar-refractivity contribution in [2.75, 3.05) is 25.0 Å². The summed E-state index contributed by atoms with van der Waals surface area (Å²) in [4.78, 5) is 33.2. The molecule has 2 N–H and O–H groups in total. The third-order valence-electron chi connectivity index (χ3n) is 4.84. The van der Waals surface area contributed by atoms with Gasteiger partial charge in [-0.05, 0) is 36.8 Å². The number of imidazole rings is 1. The Morgan fingerprint density at radius 1 is 1.25 bits per heavy atom. The minimum absolute atomic E-state index is 0.0271. The van der Waals surface area contributed by atoms with Crippen LogP contribution in [0.3, 0.4) is 0 Å². The summed E-state index contributed by atoms with van der Waals surface area (Å²) in [5.41, 5.74) is 4.48. The summed E-state index contributed by atoms with van der Waals surface area (Å²) in [7, 11) is 0. The van der Waals surface area contributed by atoms with Crippen LogP contribution in [0.15, 0.2) is 42.5 Å². The predicted molar refractivity (Wildman–Crippen MR) is 107 cm³/mol. The number of likely N-dealkylation sites (tertiary alicyclic amines) is 1. The van der Waals surface area contributed by atoms with Crippen LogP contribution in [-0.2, 0) is 14.3 Å². The van der Waals surface area contributed by atoms with E-state index in [-0.39, 0.29) is 24.5 Å². The van der Waals surface area contributed by atoms with Crippen LogP contribution in [0.5, 0.6) is 0 Å². The maximum atomic E-state index is 12.3. The Balaban J connectivity index is 1.44. The molecule has 0 atom stereocenters. The van der Waals surface area contributed by atoms with E-state index in [2.05, 4.69) is 15.3 Å². The highest BCUT2D eigenvalue weighted by Crippen LogP contribution is 2.28. The lowest BCUT2D eigenvalue weighted by Crippen LogP contribution is -2.54. The quantitative estimate of drug-likeness (QED) is 0.715. The van der Waals surface area contributed by atoms with E-state index in [0.717, 1.165) is 22.2 Å². The first kappa shape index (κ1) is 18.2. The second-order valence-corrected chi connectivity index (χ2v) is 7.06. The van der Waals surface area contributed by atoms with Gasteiger partial charge >= 0.3 is 0 Å². The van der Waals surface area contributed by atoms with Crippen molar-refractivity contribution in [3.8, 4) is 11.4 Å². The molecule has 7 nitrogen and oxygen atoms in total. The smallest absolute Gasteiger partial charge is 0.250 e. The second kappa shape index (κ2) is 7.44. The van der Waals surface area contributed by atoms with Crippen molar-refractivity contribution >= 4 is 28.5 Å². The molecule has 0 aliphatic carbocycles. The van der Waals surface area contributed by atoms with E-state index in [1.807, 2.05) is 49.4 Å². The van der Waals surface area contributed by atoms with Gasteiger partial charge < -0.3 is 19.9 Å². The lowest BCUT2D eigenvalue weighted by Gasteiger charge is -2.38. The number of para-hydroxylation sites is 1. The number of nitrogens with one attached hydrogen (secondary N) is 2. The van der Waals surface area contributed by atoms with Gasteiger partial charge in [0.1, 0.15) is 12.4 Å². The molecule has 0 spiro atoms. The molecule has 2 heterocycles. The molecule has 0 unspecified atom stereocenters. The molecule has 0 radical (unpaired) electrons. The molecular formula is C21H22N4O3. The van der Waals surface area contributed by atoms with Gasteiger partial charge in [0.2, 0.25) is 11.8 Å². The minimum Gasteiger partial charge on any atom is -0.365 e. The van der Waals surface area contributed by atoms with Gasteiger partial charge in [0.15, 0.2) is 0 Å². The fourth-order valence-electron chi connectivity index (χ4n) is 3.23. The zero-order valence-corrected chi connectivity index (χ0v) is 15.9. The molecule has 144 valence electrons. The Kier molecular flexibility index (Phi) is 4.83. The van der Waals surface area contributed by atoms with Crippen LogP contribution >= 0.6 is 0 Å². The Labute approximate surface area is 162 Å². The van der Waals surface area contributed by atoms with Gasteiger partial charge in [0.25, 0.3) is 0 Å². The molecule has 1 aliphatic rings. The number of aromatic amines is 1. The van der Waals surface area contributed by atoms with Crippen molar-refractivity contribution in [3.05, 3.63) is 48.0 Å². The number of hydrogen-bond acceptors (Lipinski definition) is 4. The summed E-state index contributed by atoms with van der Waals surface area (Å²) >= 11 is 0. The number of rotatable bonds is 5. The summed E-state index contributed by atoms with van der Waals surface area (Å²) in [6, 6.07) is 13.6. The number of nitrogens with zero attached hydrogens (tertiary/aromatic N) is 2. The number of fused-ring (bicyclic) bond motifs is 1. The Hall–Kier alpha value is -3.19. The van der Waals surface area contributed by atoms with Gasteiger partial charge in [-0.15, -0.1) is 0 Å². The third kappa shape index (κ3) is 3.75. The van der Waals surface area contributed by atoms with Crippen LogP contribution in [0.4, 0.5) is 5.69 Å². The third-order valence-corrected chi connectivity index (χ3v) is 4.84. The number of ether oxygens (including phenoxy) is 1. The van der Waals surface area contributed by atoms with E-state index in [1.54, 1.807) is 4.90 Å². The molecule has 2 amide bonds. The summed E-state index contributed by atoms with van der Waals surface area (Å²) in [6.45, 7) is 4.59. The Morgan fingerprint density at radius 2 is 2.04 bits per heavy atom. The molecule has 1 aliphatic heterocycles. The summed E-state index contributed by atoms with van der Waals surface area (Å²) in [5.74, 6) is 0.494. The van der Waals surface area contributed by atoms with E-state index in [4.69, 9.17) is 4.74 Å². The number of anilines is 1. The molecule has 1 fully saturated rings. The fraction of sp³-hybridized carbons (Fsp3) is 0.286. The van der Waals surface area contributed by atoms with Crippen LogP contribution in [0.2, 0.25) is 0 Å². The summed E-state index contributed by atoms with van der Waals surface area (Å²) < 4.78 is 5.57. The van der Waals surface area contributed by atoms with E-state index < -0.39 is 0 Å². The van der Waals surface area contributed by atoms with Crippen LogP contribution in [0, 0.1) is 6.92 Å².